The highest BCUT2D eigenvalue weighted by molar-refractivity contribution is 6.04. The monoisotopic (exact) mass is 455 g/mol. The minimum atomic E-state index is 0.0607. The second kappa shape index (κ2) is 8.93. The molecule has 34 heavy (non-hydrogen) atoms. The Hall–Kier alpha value is -4.27. The predicted molar refractivity (Wildman–Crippen MR) is 130 cm³/mol. The molecule has 9 heteroatoms. The number of Topliss-reactive ketones (excluding diaryl/α,β-unsaturated/α-hetero) is 1. The van der Waals surface area contributed by atoms with Gasteiger partial charge in [0.2, 0.25) is 0 Å². The van der Waals surface area contributed by atoms with E-state index in [1.54, 1.807) is 24.3 Å². The quantitative estimate of drug-likeness (QED) is 0.369. The molecule has 0 bridgehead atoms. The molecule has 4 aromatic rings. The normalized spacial score (nSPS) is 12.9. The summed E-state index contributed by atoms with van der Waals surface area (Å²) in [7, 11) is 3.42. The van der Waals surface area contributed by atoms with E-state index in [2.05, 4.69) is 30.7 Å². The molecule has 0 spiro atoms. The van der Waals surface area contributed by atoms with E-state index in [0.717, 1.165) is 24.1 Å². The van der Waals surface area contributed by atoms with Gasteiger partial charge in [0, 0.05) is 30.9 Å². The van der Waals surface area contributed by atoms with Gasteiger partial charge in [-0.2, -0.15) is 5.10 Å². The van der Waals surface area contributed by atoms with Crippen molar-refractivity contribution in [2.75, 3.05) is 17.7 Å². The molecular formula is C25H25N7O2. The topological polar surface area (TPSA) is 107 Å². The largest absolute Gasteiger partial charge is 0.494 e. The van der Waals surface area contributed by atoms with E-state index < -0.39 is 0 Å². The number of aromatic nitrogens is 5. The summed E-state index contributed by atoms with van der Waals surface area (Å²) in [4.78, 5) is 26.3. The summed E-state index contributed by atoms with van der Waals surface area (Å²) in [6.07, 6.45) is 5.09. The molecule has 0 saturated heterocycles. The van der Waals surface area contributed by atoms with Gasteiger partial charge in [0.25, 0.3) is 0 Å². The number of para-hydroxylation sites is 1. The SMILES string of the molecule is COc1c(Nc2cc(Nc3cccc(C)n3)ncc2C(=O)C2CC2)cccc1-c1ncn(C)n1. The molecule has 1 aromatic carbocycles. The number of benzene rings is 1. The Morgan fingerprint density at radius 2 is 1.88 bits per heavy atom. The van der Waals surface area contributed by atoms with E-state index in [1.165, 1.54) is 0 Å². The Morgan fingerprint density at radius 1 is 1.06 bits per heavy atom. The number of nitrogens with zero attached hydrogens (tertiary/aromatic N) is 5. The molecule has 1 aliphatic carbocycles. The minimum Gasteiger partial charge on any atom is -0.494 e. The van der Waals surface area contributed by atoms with Gasteiger partial charge < -0.3 is 15.4 Å². The van der Waals surface area contributed by atoms with Crippen LogP contribution >= 0.6 is 0 Å². The maximum Gasteiger partial charge on any atom is 0.184 e. The third-order valence-corrected chi connectivity index (χ3v) is 5.59. The number of hydrogen-bond donors (Lipinski definition) is 2. The zero-order valence-electron chi connectivity index (χ0n) is 19.2. The average Bonchev–Trinajstić information content (AvgIpc) is 3.59. The zero-order chi connectivity index (χ0) is 23.7. The van der Waals surface area contributed by atoms with Crippen LogP contribution in [0, 0.1) is 12.8 Å². The first-order chi connectivity index (χ1) is 16.5. The fourth-order valence-corrected chi connectivity index (χ4v) is 3.77. The van der Waals surface area contributed by atoms with Crippen LogP contribution in [-0.4, -0.2) is 37.6 Å². The molecule has 9 nitrogen and oxygen atoms in total. The van der Waals surface area contributed by atoms with E-state index in [4.69, 9.17) is 4.74 Å². The number of pyridine rings is 2. The number of hydrogen-bond acceptors (Lipinski definition) is 8. The van der Waals surface area contributed by atoms with Crippen LogP contribution in [-0.2, 0) is 7.05 Å². The molecule has 1 saturated carbocycles. The first kappa shape index (κ1) is 21.6. The van der Waals surface area contributed by atoms with Gasteiger partial charge in [0.15, 0.2) is 17.4 Å². The lowest BCUT2D eigenvalue weighted by Crippen LogP contribution is -2.09. The summed E-state index contributed by atoms with van der Waals surface area (Å²) in [5, 5.41) is 11.0. The lowest BCUT2D eigenvalue weighted by Gasteiger charge is -2.17. The summed E-state index contributed by atoms with van der Waals surface area (Å²) in [5.41, 5.74) is 3.54. The third-order valence-electron chi connectivity index (χ3n) is 5.59. The van der Waals surface area contributed by atoms with Gasteiger partial charge in [-0.05, 0) is 44.0 Å². The average molecular weight is 456 g/mol. The predicted octanol–water partition coefficient (Wildman–Crippen LogP) is 4.67. The zero-order valence-corrected chi connectivity index (χ0v) is 19.2. The van der Waals surface area contributed by atoms with Crippen LogP contribution in [0.4, 0.5) is 23.0 Å². The first-order valence-corrected chi connectivity index (χ1v) is 11.1. The molecule has 3 aromatic heterocycles. The third kappa shape index (κ3) is 4.45. The highest BCUT2D eigenvalue weighted by Crippen LogP contribution is 2.39. The van der Waals surface area contributed by atoms with Crippen molar-refractivity contribution in [1.82, 2.24) is 24.7 Å². The second-order valence-electron chi connectivity index (χ2n) is 8.30. The fraction of sp³-hybridized carbons (Fsp3) is 0.240. The van der Waals surface area contributed by atoms with Crippen LogP contribution in [0.1, 0.15) is 28.9 Å². The highest BCUT2D eigenvalue weighted by Gasteiger charge is 2.32. The van der Waals surface area contributed by atoms with Gasteiger partial charge >= 0.3 is 0 Å². The fourth-order valence-electron chi connectivity index (χ4n) is 3.77. The van der Waals surface area contributed by atoms with E-state index in [0.29, 0.717) is 40.1 Å². The van der Waals surface area contributed by atoms with Gasteiger partial charge in [0.1, 0.15) is 18.0 Å². The van der Waals surface area contributed by atoms with Crippen LogP contribution in [0.2, 0.25) is 0 Å². The van der Waals surface area contributed by atoms with Crippen molar-refractivity contribution >= 4 is 28.8 Å². The van der Waals surface area contributed by atoms with Crippen LogP contribution in [0.5, 0.6) is 5.75 Å². The molecule has 0 radical (unpaired) electrons. The number of nitrogens with one attached hydrogen (secondary N) is 2. The molecule has 2 N–H and O–H groups in total. The van der Waals surface area contributed by atoms with Gasteiger partial charge in [0.05, 0.1) is 29.6 Å². The standard InChI is InChI=1S/C25H25N7O2/c1-15-6-4-9-21(28-15)30-22-12-20(18(13-26-22)23(33)16-10-11-16)29-19-8-5-7-17(24(19)34-3)25-27-14-32(2)31-25/h4-9,12-14,16H,10-11H2,1-3H3,(H2,26,28,29,30). The van der Waals surface area contributed by atoms with Crippen molar-refractivity contribution in [3.8, 4) is 17.1 Å². The molecular weight excluding hydrogens is 430 g/mol. The Labute approximate surface area is 197 Å². The number of ketones is 1. The lowest BCUT2D eigenvalue weighted by molar-refractivity contribution is 0.0968. The summed E-state index contributed by atoms with van der Waals surface area (Å²) in [5.74, 6) is 2.56. The number of methoxy groups -OCH3 is 1. The maximum atomic E-state index is 13.0. The van der Waals surface area contributed by atoms with Gasteiger partial charge in [-0.25, -0.2) is 15.0 Å². The van der Waals surface area contributed by atoms with Gasteiger partial charge in [-0.15, -0.1) is 0 Å². The van der Waals surface area contributed by atoms with E-state index in [1.807, 2.05) is 56.4 Å². The first-order valence-electron chi connectivity index (χ1n) is 11.1. The van der Waals surface area contributed by atoms with E-state index in [-0.39, 0.29) is 11.7 Å². The molecule has 0 aliphatic heterocycles. The summed E-state index contributed by atoms with van der Waals surface area (Å²) < 4.78 is 7.37. The Morgan fingerprint density at radius 3 is 2.59 bits per heavy atom. The molecule has 0 amide bonds. The van der Waals surface area contributed by atoms with Gasteiger partial charge in [-0.1, -0.05) is 12.1 Å². The van der Waals surface area contributed by atoms with Crippen molar-refractivity contribution in [2.24, 2.45) is 13.0 Å². The van der Waals surface area contributed by atoms with Crippen molar-refractivity contribution in [1.29, 1.82) is 0 Å². The van der Waals surface area contributed by atoms with Crippen LogP contribution in [0.3, 0.4) is 0 Å². The number of ether oxygens (including phenoxy) is 1. The summed E-state index contributed by atoms with van der Waals surface area (Å²) in [6.45, 7) is 1.93. The molecule has 5 rings (SSSR count). The van der Waals surface area contributed by atoms with Crippen molar-refractivity contribution in [3.63, 3.8) is 0 Å². The Kier molecular flexibility index (Phi) is 5.67. The number of carbonyl (C=O) groups is 1. The van der Waals surface area contributed by atoms with E-state index in [9.17, 15) is 4.79 Å². The maximum absolute atomic E-state index is 13.0. The minimum absolute atomic E-state index is 0.0607. The summed E-state index contributed by atoms with van der Waals surface area (Å²) in [6, 6.07) is 13.2. The Balaban J connectivity index is 1.53. The number of rotatable bonds is 8. The molecule has 1 aliphatic rings. The molecule has 0 unspecified atom stereocenters. The molecule has 1 fully saturated rings. The highest BCUT2D eigenvalue weighted by atomic mass is 16.5. The van der Waals surface area contributed by atoms with Crippen LogP contribution in [0.25, 0.3) is 11.4 Å². The van der Waals surface area contributed by atoms with Crippen LogP contribution < -0.4 is 15.4 Å². The van der Waals surface area contributed by atoms with E-state index >= 15 is 0 Å². The molecule has 0 atom stereocenters. The number of aryl methyl sites for hydroxylation is 2. The Bertz CT molecular complexity index is 1360. The molecule has 172 valence electrons. The van der Waals surface area contributed by atoms with Crippen LogP contribution in [0.15, 0.2) is 55.0 Å². The summed E-state index contributed by atoms with van der Waals surface area (Å²) >= 11 is 0. The number of carbonyl (C=O) groups excluding carboxylic acids is 1. The smallest absolute Gasteiger partial charge is 0.184 e. The number of anilines is 4. The second-order valence-corrected chi connectivity index (χ2v) is 8.30. The van der Waals surface area contributed by atoms with Crippen molar-refractivity contribution in [3.05, 3.63) is 66.2 Å². The van der Waals surface area contributed by atoms with Crippen molar-refractivity contribution in [2.45, 2.75) is 19.8 Å². The van der Waals surface area contributed by atoms with Crippen molar-refractivity contribution < 1.29 is 9.53 Å². The lowest BCUT2D eigenvalue weighted by atomic mass is 10.1. The van der Waals surface area contributed by atoms with Gasteiger partial charge in [-0.3, -0.25) is 9.48 Å². The molecule has 3 heterocycles.